The van der Waals surface area contributed by atoms with Gasteiger partial charge >= 0.3 is 0 Å². The van der Waals surface area contributed by atoms with Crippen molar-refractivity contribution < 1.29 is 4.42 Å². The lowest BCUT2D eigenvalue weighted by atomic mass is 10.1. The molecule has 1 unspecified atom stereocenters. The Hall–Kier alpha value is -2.07. The number of benzene rings is 1. The molecule has 4 nitrogen and oxygen atoms in total. The standard InChI is InChI=1S/C17H21N3O/c1-4-20-16-8-6-5-7-13(16)14(19-20)11-15(18-3)17-10-9-12(2)21-17/h5-10,15,18H,4,11H2,1-3H3. The van der Waals surface area contributed by atoms with Crippen molar-refractivity contribution in [3.05, 3.63) is 53.6 Å². The van der Waals surface area contributed by atoms with Crippen molar-refractivity contribution >= 4 is 10.9 Å². The van der Waals surface area contributed by atoms with Gasteiger partial charge in [0.2, 0.25) is 0 Å². The summed E-state index contributed by atoms with van der Waals surface area (Å²) in [5.74, 6) is 1.90. The molecule has 3 rings (SSSR count). The molecule has 0 aliphatic carbocycles. The predicted molar refractivity (Wildman–Crippen MR) is 84.4 cm³/mol. The zero-order chi connectivity index (χ0) is 14.8. The first kappa shape index (κ1) is 13.9. The minimum absolute atomic E-state index is 0.141. The molecule has 0 aliphatic heterocycles. The molecule has 2 aromatic heterocycles. The second-order valence-electron chi connectivity index (χ2n) is 5.27. The molecular weight excluding hydrogens is 262 g/mol. The van der Waals surface area contributed by atoms with Gasteiger partial charge in [-0.15, -0.1) is 0 Å². The van der Waals surface area contributed by atoms with Gasteiger partial charge in [-0.1, -0.05) is 18.2 Å². The molecule has 21 heavy (non-hydrogen) atoms. The van der Waals surface area contributed by atoms with E-state index in [1.807, 2.05) is 26.1 Å². The van der Waals surface area contributed by atoms with Gasteiger partial charge in [-0.05, 0) is 39.1 Å². The summed E-state index contributed by atoms with van der Waals surface area (Å²) in [5, 5.41) is 9.32. The molecule has 1 aromatic carbocycles. The van der Waals surface area contributed by atoms with Crippen molar-refractivity contribution in [1.29, 1.82) is 0 Å². The van der Waals surface area contributed by atoms with E-state index in [2.05, 4.69) is 41.2 Å². The number of aryl methyl sites for hydroxylation is 2. The van der Waals surface area contributed by atoms with Gasteiger partial charge in [-0.25, -0.2) is 0 Å². The Balaban J connectivity index is 1.97. The number of furan rings is 1. The van der Waals surface area contributed by atoms with Gasteiger partial charge in [0.1, 0.15) is 11.5 Å². The van der Waals surface area contributed by atoms with Crippen molar-refractivity contribution in [1.82, 2.24) is 15.1 Å². The lowest BCUT2D eigenvalue weighted by Gasteiger charge is -2.12. The summed E-state index contributed by atoms with van der Waals surface area (Å²) in [5.41, 5.74) is 2.31. The van der Waals surface area contributed by atoms with Crippen LogP contribution >= 0.6 is 0 Å². The van der Waals surface area contributed by atoms with Crippen molar-refractivity contribution in [3.63, 3.8) is 0 Å². The van der Waals surface area contributed by atoms with Crippen LogP contribution in [0.1, 0.15) is 30.2 Å². The van der Waals surface area contributed by atoms with Crippen LogP contribution in [0.3, 0.4) is 0 Å². The Bertz CT molecular complexity index is 741. The highest BCUT2D eigenvalue weighted by Gasteiger charge is 2.18. The van der Waals surface area contributed by atoms with Crippen molar-refractivity contribution in [2.45, 2.75) is 32.9 Å². The van der Waals surface area contributed by atoms with Crippen LogP contribution in [-0.4, -0.2) is 16.8 Å². The largest absolute Gasteiger partial charge is 0.465 e. The molecule has 110 valence electrons. The Kier molecular flexibility index (Phi) is 3.80. The van der Waals surface area contributed by atoms with E-state index in [4.69, 9.17) is 9.52 Å². The minimum atomic E-state index is 0.141. The molecule has 1 atom stereocenters. The number of aromatic nitrogens is 2. The lowest BCUT2D eigenvalue weighted by molar-refractivity contribution is 0.412. The Morgan fingerprint density at radius 2 is 2.05 bits per heavy atom. The third kappa shape index (κ3) is 2.59. The van der Waals surface area contributed by atoms with Gasteiger partial charge in [-0.3, -0.25) is 4.68 Å². The summed E-state index contributed by atoms with van der Waals surface area (Å²) < 4.78 is 7.82. The maximum atomic E-state index is 5.76. The van der Waals surface area contributed by atoms with E-state index in [-0.39, 0.29) is 6.04 Å². The van der Waals surface area contributed by atoms with E-state index in [1.54, 1.807) is 0 Å². The van der Waals surface area contributed by atoms with Gasteiger partial charge in [0.15, 0.2) is 0 Å². The molecule has 0 amide bonds. The maximum absolute atomic E-state index is 5.76. The van der Waals surface area contributed by atoms with Crippen LogP contribution in [0.4, 0.5) is 0 Å². The van der Waals surface area contributed by atoms with Crippen LogP contribution < -0.4 is 5.32 Å². The molecule has 1 N–H and O–H groups in total. The fraction of sp³-hybridized carbons (Fsp3) is 0.353. The zero-order valence-corrected chi connectivity index (χ0v) is 12.8. The monoisotopic (exact) mass is 283 g/mol. The number of para-hydroxylation sites is 1. The van der Waals surface area contributed by atoms with Gasteiger partial charge < -0.3 is 9.73 Å². The Labute approximate surface area is 124 Å². The van der Waals surface area contributed by atoms with E-state index < -0.39 is 0 Å². The zero-order valence-electron chi connectivity index (χ0n) is 12.8. The maximum Gasteiger partial charge on any atom is 0.121 e. The number of rotatable bonds is 5. The summed E-state index contributed by atoms with van der Waals surface area (Å²) in [6.45, 7) is 4.97. The number of nitrogens with one attached hydrogen (secondary N) is 1. The van der Waals surface area contributed by atoms with Gasteiger partial charge in [0.25, 0.3) is 0 Å². The highest BCUT2D eigenvalue weighted by molar-refractivity contribution is 5.82. The molecular formula is C17H21N3O. The first-order chi connectivity index (χ1) is 10.2. The van der Waals surface area contributed by atoms with Crippen LogP contribution in [-0.2, 0) is 13.0 Å². The van der Waals surface area contributed by atoms with E-state index in [9.17, 15) is 0 Å². The third-order valence-corrected chi connectivity index (χ3v) is 3.88. The van der Waals surface area contributed by atoms with Crippen molar-refractivity contribution in [2.75, 3.05) is 7.05 Å². The number of nitrogens with zero attached hydrogens (tertiary/aromatic N) is 2. The van der Waals surface area contributed by atoms with Gasteiger partial charge in [0, 0.05) is 18.4 Å². The molecule has 4 heteroatoms. The fourth-order valence-electron chi connectivity index (χ4n) is 2.77. The summed E-state index contributed by atoms with van der Waals surface area (Å²) in [6, 6.07) is 12.6. The van der Waals surface area contributed by atoms with Crippen LogP contribution in [0.25, 0.3) is 10.9 Å². The summed E-state index contributed by atoms with van der Waals surface area (Å²) in [6.07, 6.45) is 0.816. The Morgan fingerprint density at radius 3 is 2.71 bits per heavy atom. The topological polar surface area (TPSA) is 43.0 Å². The molecule has 0 saturated carbocycles. The van der Waals surface area contributed by atoms with Crippen LogP contribution in [0.5, 0.6) is 0 Å². The number of fused-ring (bicyclic) bond motifs is 1. The smallest absolute Gasteiger partial charge is 0.121 e. The van der Waals surface area contributed by atoms with Crippen LogP contribution in [0.2, 0.25) is 0 Å². The highest BCUT2D eigenvalue weighted by Crippen LogP contribution is 2.25. The van der Waals surface area contributed by atoms with Gasteiger partial charge in [-0.2, -0.15) is 5.10 Å². The second-order valence-corrected chi connectivity index (χ2v) is 5.27. The molecule has 0 bridgehead atoms. The first-order valence-corrected chi connectivity index (χ1v) is 7.41. The number of hydrogen-bond acceptors (Lipinski definition) is 3. The average Bonchev–Trinajstić information content (AvgIpc) is 3.09. The number of hydrogen-bond donors (Lipinski definition) is 1. The van der Waals surface area contributed by atoms with E-state index in [0.717, 1.165) is 30.2 Å². The first-order valence-electron chi connectivity index (χ1n) is 7.41. The predicted octanol–water partition coefficient (Wildman–Crippen LogP) is 3.46. The van der Waals surface area contributed by atoms with Crippen molar-refractivity contribution in [3.8, 4) is 0 Å². The van der Waals surface area contributed by atoms with E-state index in [1.165, 1.54) is 10.9 Å². The normalized spacial score (nSPS) is 12.9. The summed E-state index contributed by atoms with van der Waals surface area (Å²) in [7, 11) is 1.96. The summed E-state index contributed by atoms with van der Waals surface area (Å²) in [4.78, 5) is 0. The lowest BCUT2D eigenvalue weighted by Crippen LogP contribution is -2.18. The molecule has 3 aromatic rings. The van der Waals surface area contributed by atoms with Gasteiger partial charge in [0.05, 0.1) is 17.3 Å². The molecule has 0 radical (unpaired) electrons. The molecule has 0 fully saturated rings. The minimum Gasteiger partial charge on any atom is -0.465 e. The molecule has 2 heterocycles. The summed E-state index contributed by atoms with van der Waals surface area (Å²) >= 11 is 0. The second kappa shape index (κ2) is 5.74. The molecule has 0 saturated heterocycles. The van der Waals surface area contributed by atoms with Crippen molar-refractivity contribution in [2.24, 2.45) is 0 Å². The van der Waals surface area contributed by atoms with E-state index in [0.29, 0.717) is 0 Å². The quantitative estimate of drug-likeness (QED) is 0.779. The molecule has 0 spiro atoms. The van der Waals surface area contributed by atoms with Crippen LogP contribution in [0.15, 0.2) is 40.8 Å². The van der Waals surface area contributed by atoms with E-state index >= 15 is 0 Å². The molecule has 0 aliphatic rings. The SMILES string of the molecule is CCn1nc(CC(NC)c2ccc(C)o2)c2ccccc21. The highest BCUT2D eigenvalue weighted by atomic mass is 16.3. The van der Waals surface area contributed by atoms with Crippen LogP contribution in [0, 0.1) is 6.92 Å². The fourth-order valence-corrected chi connectivity index (χ4v) is 2.77. The number of likely N-dealkylation sites (N-methyl/N-ethyl adjacent to an activating group) is 1. The third-order valence-electron chi connectivity index (χ3n) is 3.88. The average molecular weight is 283 g/mol. The Morgan fingerprint density at radius 1 is 1.24 bits per heavy atom.